The summed E-state index contributed by atoms with van der Waals surface area (Å²) in [7, 11) is 0. The molecule has 0 bridgehead atoms. The summed E-state index contributed by atoms with van der Waals surface area (Å²) >= 11 is 0. The molecule has 0 spiro atoms. The summed E-state index contributed by atoms with van der Waals surface area (Å²) in [5.41, 5.74) is 1.72. The summed E-state index contributed by atoms with van der Waals surface area (Å²) in [4.78, 5) is 29.1. The minimum atomic E-state index is -0.287. The number of amides is 1. The largest absolute Gasteiger partial charge is 0.353 e. The van der Waals surface area contributed by atoms with Crippen molar-refractivity contribution in [2.75, 3.05) is 36.4 Å². The van der Waals surface area contributed by atoms with Crippen LogP contribution in [0.3, 0.4) is 0 Å². The van der Waals surface area contributed by atoms with Gasteiger partial charge in [0, 0.05) is 44.5 Å². The van der Waals surface area contributed by atoms with E-state index >= 15 is 0 Å². The second-order valence-corrected chi connectivity index (χ2v) is 7.35. The van der Waals surface area contributed by atoms with Gasteiger partial charge in [-0.2, -0.15) is 5.10 Å². The average Bonchev–Trinajstić information content (AvgIpc) is 2.77. The first-order valence-corrected chi connectivity index (χ1v) is 10.1. The number of benzene rings is 2. The number of piperazine rings is 1. The Morgan fingerprint density at radius 1 is 0.867 bits per heavy atom. The van der Waals surface area contributed by atoms with Crippen LogP contribution in [0.1, 0.15) is 5.56 Å². The van der Waals surface area contributed by atoms with Gasteiger partial charge in [-0.05, 0) is 23.8 Å². The molecule has 0 aliphatic carbocycles. The number of carbonyl (C=O) groups is 1. The zero-order chi connectivity index (χ0) is 20.8. The fourth-order valence-electron chi connectivity index (χ4n) is 3.55. The second-order valence-electron chi connectivity index (χ2n) is 7.35. The number of nitrogens with one attached hydrogen (secondary N) is 1. The van der Waals surface area contributed by atoms with E-state index in [1.807, 2.05) is 24.3 Å². The van der Waals surface area contributed by atoms with Crippen LogP contribution in [-0.2, 0) is 17.9 Å². The van der Waals surface area contributed by atoms with Crippen molar-refractivity contribution >= 4 is 17.4 Å². The topological polar surface area (TPSA) is 70.5 Å². The molecule has 3 aromatic rings. The molecule has 7 nitrogen and oxygen atoms in total. The third-order valence-electron chi connectivity index (χ3n) is 5.15. The lowest BCUT2D eigenvalue weighted by Crippen LogP contribution is -2.46. The highest BCUT2D eigenvalue weighted by molar-refractivity contribution is 5.90. The van der Waals surface area contributed by atoms with Crippen molar-refractivity contribution in [2.45, 2.75) is 13.1 Å². The Labute approximate surface area is 175 Å². The molecular formula is C23H25N5O2. The van der Waals surface area contributed by atoms with E-state index in [-0.39, 0.29) is 18.0 Å². The molecular weight excluding hydrogens is 378 g/mol. The molecule has 1 N–H and O–H groups in total. The number of carbonyl (C=O) groups excluding carboxylic acids is 1. The van der Waals surface area contributed by atoms with E-state index in [1.54, 1.807) is 18.2 Å². The molecule has 0 unspecified atom stereocenters. The number of nitrogens with zero attached hydrogens (tertiary/aromatic N) is 4. The zero-order valence-electron chi connectivity index (χ0n) is 16.8. The molecule has 2 aromatic carbocycles. The number of hydrogen-bond acceptors (Lipinski definition) is 5. The highest BCUT2D eigenvalue weighted by Gasteiger charge is 2.19. The van der Waals surface area contributed by atoms with Crippen molar-refractivity contribution in [3.8, 4) is 0 Å². The standard InChI is InChI=1S/C23H25N5O2/c29-22(24-20-9-5-2-6-10-20)18-28-23(30)12-11-21(25-28)27-15-13-26(14-16-27)17-19-7-3-1-4-8-19/h1-12H,13-18H2,(H,24,29). The van der Waals surface area contributed by atoms with Crippen molar-refractivity contribution in [1.82, 2.24) is 14.7 Å². The number of anilines is 2. The second kappa shape index (κ2) is 9.37. The number of rotatable bonds is 6. The van der Waals surface area contributed by atoms with Gasteiger partial charge in [-0.1, -0.05) is 48.5 Å². The smallest absolute Gasteiger partial charge is 0.267 e. The lowest BCUT2D eigenvalue weighted by Gasteiger charge is -2.35. The fraction of sp³-hybridized carbons (Fsp3) is 0.261. The van der Waals surface area contributed by atoms with Crippen LogP contribution >= 0.6 is 0 Å². The minimum Gasteiger partial charge on any atom is -0.353 e. The van der Waals surface area contributed by atoms with Gasteiger partial charge in [0.05, 0.1) is 0 Å². The monoisotopic (exact) mass is 403 g/mol. The molecule has 1 saturated heterocycles. The Hall–Kier alpha value is -3.45. The predicted molar refractivity (Wildman–Crippen MR) is 118 cm³/mol. The summed E-state index contributed by atoms with van der Waals surface area (Å²) in [6, 6.07) is 22.8. The third kappa shape index (κ3) is 5.12. The molecule has 0 atom stereocenters. The maximum Gasteiger partial charge on any atom is 0.267 e. The maximum atomic E-state index is 12.3. The van der Waals surface area contributed by atoms with Crippen molar-refractivity contribution in [1.29, 1.82) is 0 Å². The summed E-state index contributed by atoms with van der Waals surface area (Å²) in [5, 5.41) is 7.22. The lowest BCUT2D eigenvalue weighted by molar-refractivity contribution is -0.117. The van der Waals surface area contributed by atoms with Gasteiger partial charge < -0.3 is 10.2 Å². The van der Waals surface area contributed by atoms with Gasteiger partial charge in [-0.15, -0.1) is 0 Å². The molecule has 4 rings (SSSR count). The predicted octanol–water partition coefficient (Wildman–Crippen LogP) is 2.20. The first-order chi connectivity index (χ1) is 14.7. The summed E-state index contributed by atoms with van der Waals surface area (Å²) in [6.45, 7) is 4.31. The van der Waals surface area contributed by atoms with Crippen molar-refractivity contribution in [2.24, 2.45) is 0 Å². The molecule has 1 aromatic heterocycles. The summed E-state index contributed by atoms with van der Waals surface area (Å²) in [6.07, 6.45) is 0. The lowest BCUT2D eigenvalue weighted by atomic mass is 10.2. The number of aromatic nitrogens is 2. The van der Waals surface area contributed by atoms with E-state index < -0.39 is 0 Å². The highest BCUT2D eigenvalue weighted by Crippen LogP contribution is 2.14. The minimum absolute atomic E-state index is 0.116. The molecule has 2 heterocycles. The Morgan fingerprint density at radius 3 is 2.23 bits per heavy atom. The normalized spacial score (nSPS) is 14.5. The maximum absolute atomic E-state index is 12.3. The zero-order valence-corrected chi connectivity index (χ0v) is 16.8. The fourth-order valence-corrected chi connectivity index (χ4v) is 3.55. The van der Waals surface area contributed by atoms with Crippen LogP contribution in [0.25, 0.3) is 0 Å². The van der Waals surface area contributed by atoms with Crippen LogP contribution in [0.15, 0.2) is 77.6 Å². The molecule has 7 heteroatoms. The van der Waals surface area contributed by atoms with Crippen molar-refractivity contribution in [3.63, 3.8) is 0 Å². The van der Waals surface area contributed by atoms with Gasteiger partial charge in [-0.25, -0.2) is 4.68 Å². The van der Waals surface area contributed by atoms with Gasteiger partial charge >= 0.3 is 0 Å². The number of hydrogen-bond donors (Lipinski definition) is 1. The van der Waals surface area contributed by atoms with Crippen LogP contribution in [0, 0.1) is 0 Å². The van der Waals surface area contributed by atoms with Crippen LogP contribution in [0.5, 0.6) is 0 Å². The van der Waals surface area contributed by atoms with E-state index in [0.717, 1.165) is 38.5 Å². The van der Waals surface area contributed by atoms with Gasteiger partial charge in [0.1, 0.15) is 12.4 Å². The molecule has 154 valence electrons. The molecule has 30 heavy (non-hydrogen) atoms. The van der Waals surface area contributed by atoms with E-state index in [1.165, 1.54) is 16.3 Å². The quantitative estimate of drug-likeness (QED) is 0.683. The Bertz CT molecular complexity index is 1030. The van der Waals surface area contributed by atoms with E-state index in [0.29, 0.717) is 5.69 Å². The van der Waals surface area contributed by atoms with Gasteiger partial charge in [-0.3, -0.25) is 14.5 Å². The van der Waals surface area contributed by atoms with Crippen LogP contribution in [-0.4, -0.2) is 46.8 Å². The molecule has 0 radical (unpaired) electrons. The SMILES string of the molecule is O=C(Cn1nc(N2CCN(Cc3ccccc3)CC2)ccc1=O)Nc1ccccc1. The molecule has 1 fully saturated rings. The van der Waals surface area contributed by atoms with Gasteiger partial charge in [0.15, 0.2) is 0 Å². The van der Waals surface area contributed by atoms with E-state index in [4.69, 9.17) is 0 Å². The Morgan fingerprint density at radius 2 is 1.53 bits per heavy atom. The summed E-state index contributed by atoms with van der Waals surface area (Å²) < 4.78 is 1.23. The Kier molecular flexibility index (Phi) is 6.20. The first-order valence-electron chi connectivity index (χ1n) is 10.1. The van der Waals surface area contributed by atoms with Crippen LogP contribution < -0.4 is 15.8 Å². The number of para-hydroxylation sites is 1. The van der Waals surface area contributed by atoms with E-state index in [2.05, 4.69) is 44.5 Å². The highest BCUT2D eigenvalue weighted by atomic mass is 16.2. The first kappa shape index (κ1) is 19.8. The third-order valence-corrected chi connectivity index (χ3v) is 5.15. The molecule has 1 aliphatic heterocycles. The molecule has 1 amide bonds. The van der Waals surface area contributed by atoms with E-state index in [9.17, 15) is 9.59 Å². The molecule has 0 saturated carbocycles. The summed E-state index contributed by atoms with van der Waals surface area (Å²) in [5.74, 6) is 0.446. The van der Waals surface area contributed by atoms with Crippen LogP contribution in [0.2, 0.25) is 0 Å². The van der Waals surface area contributed by atoms with Crippen molar-refractivity contribution < 1.29 is 4.79 Å². The Balaban J connectivity index is 1.36. The molecule has 1 aliphatic rings. The van der Waals surface area contributed by atoms with Gasteiger partial charge in [0.25, 0.3) is 5.56 Å². The average molecular weight is 403 g/mol. The van der Waals surface area contributed by atoms with Crippen LogP contribution in [0.4, 0.5) is 11.5 Å². The van der Waals surface area contributed by atoms with Gasteiger partial charge in [0.2, 0.25) is 5.91 Å². The van der Waals surface area contributed by atoms with Crippen molar-refractivity contribution in [3.05, 3.63) is 88.7 Å².